The minimum Gasteiger partial charge on any atom is -0.481 e. The van der Waals surface area contributed by atoms with E-state index in [2.05, 4.69) is 9.97 Å². The van der Waals surface area contributed by atoms with Crippen molar-refractivity contribution in [2.24, 2.45) is 0 Å². The highest BCUT2D eigenvalue weighted by atomic mass is 16.5. The minimum absolute atomic E-state index is 0.0377. The Morgan fingerprint density at radius 2 is 2.25 bits per heavy atom. The van der Waals surface area contributed by atoms with Crippen LogP contribution in [0.5, 0.6) is 5.88 Å². The molecular weight excluding hydrogens is 210 g/mol. The monoisotopic (exact) mass is 225 g/mol. The Bertz CT molecular complexity index is 368. The molecule has 1 rings (SSSR count). The first-order chi connectivity index (χ1) is 7.54. The first-order valence-corrected chi connectivity index (χ1v) is 4.89. The molecule has 1 N–H and O–H groups in total. The maximum atomic E-state index is 10.7. The minimum atomic E-state index is -0.897. The van der Waals surface area contributed by atoms with Gasteiger partial charge in [0, 0.05) is 12.1 Å². The van der Waals surface area contributed by atoms with E-state index in [-0.39, 0.29) is 12.6 Å². The molecular formula is C10H15N3O3. The number of carboxylic acid groups (broad SMARTS) is 1. The van der Waals surface area contributed by atoms with E-state index in [0.29, 0.717) is 11.7 Å². The summed E-state index contributed by atoms with van der Waals surface area (Å²) in [6, 6.07) is 1.65. The van der Waals surface area contributed by atoms with Crippen LogP contribution in [0.15, 0.2) is 12.4 Å². The van der Waals surface area contributed by atoms with Crippen molar-refractivity contribution in [2.45, 2.75) is 19.9 Å². The van der Waals surface area contributed by atoms with Crippen LogP contribution in [-0.2, 0) is 4.79 Å². The van der Waals surface area contributed by atoms with Crippen molar-refractivity contribution in [3.63, 3.8) is 0 Å². The normalized spacial score (nSPS) is 10.2. The smallest absolute Gasteiger partial charge is 0.323 e. The highest BCUT2D eigenvalue weighted by Crippen LogP contribution is 2.17. The van der Waals surface area contributed by atoms with Crippen LogP contribution in [-0.4, -0.2) is 40.7 Å². The van der Waals surface area contributed by atoms with Crippen LogP contribution in [0.1, 0.15) is 13.8 Å². The molecule has 0 spiro atoms. The van der Waals surface area contributed by atoms with Crippen LogP contribution in [0.4, 0.5) is 5.82 Å². The van der Waals surface area contributed by atoms with Gasteiger partial charge in [-0.25, -0.2) is 9.97 Å². The fourth-order valence-corrected chi connectivity index (χ4v) is 1.27. The third-order valence-corrected chi connectivity index (χ3v) is 2.06. The van der Waals surface area contributed by atoms with E-state index in [9.17, 15) is 4.79 Å². The Labute approximate surface area is 93.9 Å². The summed E-state index contributed by atoms with van der Waals surface area (Å²) < 4.78 is 4.96. The fourth-order valence-electron chi connectivity index (χ4n) is 1.27. The number of aromatic nitrogens is 2. The number of methoxy groups -OCH3 is 1. The highest BCUT2D eigenvalue weighted by molar-refractivity contribution is 5.73. The van der Waals surface area contributed by atoms with Gasteiger partial charge in [-0.05, 0) is 13.8 Å². The van der Waals surface area contributed by atoms with Crippen molar-refractivity contribution in [1.29, 1.82) is 0 Å². The molecule has 0 aliphatic rings. The molecule has 0 amide bonds. The van der Waals surface area contributed by atoms with Crippen molar-refractivity contribution in [1.82, 2.24) is 9.97 Å². The number of carbonyl (C=O) groups is 1. The van der Waals surface area contributed by atoms with Crippen molar-refractivity contribution >= 4 is 11.8 Å². The van der Waals surface area contributed by atoms with Crippen LogP contribution in [0.25, 0.3) is 0 Å². The lowest BCUT2D eigenvalue weighted by molar-refractivity contribution is -0.135. The number of hydrogen-bond donors (Lipinski definition) is 1. The molecule has 88 valence electrons. The predicted molar refractivity (Wildman–Crippen MR) is 58.7 cm³/mol. The fraction of sp³-hybridized carbons (Fsp3) is 0.500. The van der Waals surface area contributed by atoms with Crippen LogP contribution < -0.4 is 9.64 Å². The number of hydrogen-bond acceptors (Lipinski definition) is 5. The summed E-state index contributed by atoms with van der Waals surface area (Å²) in [7, 11) is 1.50. The molecule has 0 fully saturated rings. The number of carboxylic acids is 1. The number of rotatable bonds is 5. The van der Waals surface area contributed by atoms with Crippen molar-refractivity contribution < 1.29 is 14.6 Å². The summed E-state index contributed by atoms with van der Waals surface area (Å²) in [4.78, 5) is 20.3. The lowest BCUT2D eigenvalue weighted by Crippen LogP contribution is -2.36. The summed E-state index contributed by atoms with van der Waals surface area (Å²) >= 11 is 0. The zero-order valence-electron chi connectivity index (χ0n) is 9.54. The lowest BCUT2D eigenvalue weighted by atomic mass is 10.3. The topological polar surface area (TPSA) is 75.5 Å². The van der Waals surface area contributed by atoms with E-state index < -0.39 is 5.97 Å². The van der Waals surface area contributed by atoms with E-state index in [1.165, 1.54) is 13.4 Å². The standard InChI is InChI=1S/C10H15N3O3/c1-7(2)13(5-10(14)15)8-4-9(16-3)12-6-11-8/h4,6-7H,5H2,1-3H3,(H,14,15). The van der Waals surface area contributed by atoms with Gasteiger partial charge in [-0.1, -0.05) is 0 Å². The van der Waals surface area contributed by atoms with Gasteiger partial charge in [0.25, 0.3) is 0 Å². The van der Waals surface area contributed by atoms with Crippen molar-refractivity contribution in [3.8, 4) is 5.88 Å². The maximum Gasteiger partial charge on any atom is 0.323 e. The molecule has 0 atom stereocenters. The van der Waals surface area contributed by atoms with Gasteiger partial charge in [0.05, 0.1) is 7.11 Å². The second kappa shape index (κ2) is 5.29. The van der Waals surface area contributed by atoms with Gasteiger partial charge in [0.2, 0.25) is 5.88 Å². The molecule has 0 saturated heterocycles. The molecule has 6 nitrogen and oxygen atoms in total. The second-order valence-electron chi connectivity index (χ2n) is 3.53. The summed E-state index contributed by atoms with van der Waals surface area (Å²) in [5.74, 6) is 0.0663. The molecule has 0 aromatic carbocycles. The average molecular weight is 225 g/mol. The molecule has 0 aliphatic carbocycles. The zero-order chi connectivity index (χ0) is 12.1. The Morgan fingerprint density at radius 1 is 1.56 bits per heavy atom. The van der Waals surface area contributed by atoms with Crippen molar-refractivity contribution in [3.05, 3.63) is 12.4 Å². The number of nitrogens with zero attached hydrogens (tertiary/aromatic N) is 3. The predicted octanol–water partition coefficient (Wildman–Crippen LogP) is 0.785. The van der Waals surface area contributed by atoms with Crippen LogP contribution >= 0.6 is 0 Å². The van der Waals surface area contributed by atoms with E-state index in [4.69, 9.17) is 9.84 Å². The molecule has 16 heavy (non-hydrogen) atoms. The molecule has 1 aromatic rings. The molecule has 0 saturated carbocycles. The third-order valence-electron chi connectivity index (χ3n) is 2.06. The zero-order valence-corrected chi connectivity index (χ0v) is 9.54. The largest absolute Gasteiger partial charge is 0.481 e. The summed E-state index contributed by atoms with van der Waals surface area (Å²) in [6.45, 7) is 3.70. The van der Waals surface area contributed by atoms with Gasteiger partial charge in [-0.15, -0.1) is 0 Å². The first kappa shape index (κ1) is 12.2. The molecule has 0 aliphatic heterocycles. The molecule has 1 heterocycles. The second-order valence-corrected chi connectivity index (χ2v) is 3.53. The van der Waals surface area contributed by atoms with Gasteiger partial charge in [0.15, 0.2) is 0 Å². The van der Waals surface area contributed by atoms with Crippen LogP contribution in [0.3, 0.4) is 0 Å². The van der Waals surface area contributed by atoms with E-state index in [1.807, 2.05) is 13.8 Å². The quantitative estimate of drug-likeness (QED) is 0.798. The van der Waals surface area contributed by atoms with Gasteiger partial charge in [-0.2, -0.15) is 0 Å². The van der Waals surface area contributed by atoms with Gasteiger partial charge in [-0.3, -0.25) is 4.79 Å². The molecule has 6 heteroatoms. The summed E-state index contributed by atoms with van der Waals surface area (Å²) in [6.07, 6.45) is 1.35. The Balaban J connectivity index is 2.95. The SMILES string of the molecule is COc1cc(N(CC(=O)O)C(C)C)ncn1. The number of anilines is 1. The van der Waals surface area contributed by atoms with Crippen LogP contribution in [0.2, 0.25) is 0 Å². The van der Waals surface area contributed by atoms with E-state index in [1.54, 1.807) is 11.0 Å². The Hall–Kier alpha value is -1.85. The van der Waals surface area contributed by atoms with Crippen LogP contribution in [0, 0.1) is 0 Å². The average Bonchev–Trinajstić information content (AvgIpc) is 2.25. The van der Waals surface area contributed by atoms with Crippen molar-refractivity contribution in [2.75, 3.05) is 18.6 Å². The molecule has 0 unspecified atom stereocenters. The summed E-state index contributed by atoms with van der Waals surface area (Å²) in [5, 5.41) is 8.80. The van der Waals surface area contributed by atoms with E-state index in [0.717, 1.165) is 0 Å². The molecule has 0 radical (unpaired) electrons. The first-order valence-electron chi connectivity index (χ1n) is 4.89. The third kappa shape index (κ3) is 3.08. The van der Waals surface area contributed by atoms with Gasteiger partial charge < -0.3 is 14.7 Å². The molecule has 1 aromatic heterocycles. The Kier molecular flexibility index (Phi) is 4.04. The van der Waals surface area contributed by atoms with Gasteiger partial charge in [0.1, 0.15) is 18.7 Å². The summed E-state index contributed by atoms with van der Waals surface area (Å²) in [5.41, 5.74) is 0. The Morgan fingerprint density at radius 3 is 2.75 bits per heavy atom. The number of ether oxygens (including phenoxy) is 1. The van der Waals surface area contributed by atoms with E-state index >= 15 is 0 Å². The highest BCUT2D eigenvalue weighted by Gasteiger charge is 2.16. The number of aliphatic carboxylic acids is 1. The lowest BCUT2D eigenvalue weighted by Gasteiger charge is -2.25. The van der Waals surface area contributed by atoms with Gasteiger partial charge >= 0.3 is 5.97 Å². The maximum absolute atomic E-state index is 10.7. The molecule has 0 bridgehead atoms.